The molecule has 21 heteroatoms. The van der Waals surface area contributed by atoms with Crippen LogP contribution in [-0.2, 0) is 21.4 Å². The molecular weight excluding hydrogens is 665 g/mol. The number of urea groups is 1. The molecular formula is C26H28N11NaO7S2. The molecule has 4 amide bonds. The largest absolute Gasteiger partial charge is 1.00 e. The number of nitrogens with zero attached hydrogens (tertiary/aromatic N) is 7. The molecule has 2 aromatic heterocycles. The van der Waals surface area contributed by atoms with Crippen LogP contribution in [0.25, 0.3) is 0 Å². The summed E-state index contributed by atoms with van der Waals surface area (Å²) in [7, 11) is 1.63. The van der Waals surface area contributed by atoms with Crippen molar-refractivity contribution in [3.63, 3.8) is 0 Å². The van der Waals surface area contributed by atoms with Gasteiger partial charge in [0.15, 0.2) is 0 Å². The SMILES string of the molecule is CC(C)Nc1ncc(N(C(N)=O)C(C(=O)NC2C(=O)N3C(C(=O)[O-])=C(CSc4nnnn4C)CS[C@H]23)c2ccc(O)cc2)c(=O)[nH]1.[Na+]. The summed E-state index contributed by atoms with van der Waals surface area (Å²) in [6.45, 7) is 3.65. The fourth-order valence-electron chi connectivity index (χ4n) is 4.88. The molecule has 0 bridgehead atoms. The number of hydrogen-bond acceptors (Lipinski definition) is 14. The number of carbonyl (C=O) groups is 4. The number of H-pyrrole nitrogens is 1. The molecule has 1 fully saturated rings. The Morgan fingerprint density at radius 2 is 1.96 bits per heavy atom. The van der Waals surface area contributed by atoms with E-state index in [1.165, 1.54) is 52.5 Å². The van der Waals surface area contributed by atoms with Crippen LogP contribution in [0.4, 0.5) is 16.4 Å². The van der Waals surface area contributed by atoms with Crippen LogP contribution in [0.2, 0.25) is 0 Å². The van der Waals surface area contributed by atoms with Crippen molar-refractivity contribution in [3.8, 4) is 5.75 Å². The van der Waals surface area contributed by atoms with Crippen LogP contribution in [0.3, 0.4) is 0 Å². The topological polar surface area (TPSA) is 257 Å². The van der Waals surface area contributed by atoms with E-state index in [4.69, 9.17) is 5.73 Å². The van der Waals surface area contributed by atoms with Gasteiger partial charge in [-0.25, -0.2) is 14.5 Å². The number of aromatic hydroxyl groups is 1. The number of benzene rings is 1. The van der Waals surface area contributed by atoms with Gasteiger partial charge in [0.05, 0.1) is 17.9 Å². The van der Waals surface area contributed by atoms with Gasteiger partial charge in [0.1, 0.15) is 28.9 Å². The number of fused-ring (bicyclic) bond motifs is 1. The van der Waals surface area contributed by atoms with Gasteiger partial charge in [-0.05, 0) is 47.5 Å². The summed E-state index contributed by atoms with van der Waals surface area (Å²) < 4.78 is 1.42. The molecule has 0 radical (unpaired) electrons. The third-order valence-electron chi connectivity index (χ3n) is 6.91. The van der Waals surface area contributed by atoms with Gasteiger partial charge in [-0.15, -0.1) is 16.9 Å². The van der Waals surface area contributed by atoms with Crippen molar-refractivity contribution in [3.05, 3.63) is 57.6 Å². The molecule has 6 N–H and O–H groups in total. The van der Waals surface area contributed by atoms with E-state index in [2.05, 4.69) is 36.1 Å². The molecule has 47 heavy (non-hydrogen) atoms. The number of aromatic nitrogens is 6. The molecule has 0 spiro atoms. The number of phenols is 1. The minimum absolute atomic E-state index is 0. The van der Waals surface area contributed by atoms with Gasteiger partial charge in [-0.2, -0.15) is 0 Å². The second-order valence-electron chi connectivity index (χ2n) is 10.5. The number of β-lactam (4-membered cyclic amide) rings is 1. The zero-order valence-corrected chi connectivity index (χ0v) is 29.2. The first-order chi connectivity index (χ1) is 21.9. The molecule has 4 heterocycles. The van der Waals surface area contributed by atoms with Crippen molar-refractivity contribution >= 4 is 59.0 Å². The van der Waals surface area contributed by atoms with Gasteiger partial charge in [0.25, 0.3) is 11.5 Å². The average molecular weight is 694 g/mol. The third-order valence-corrected chi connectivity index (χ3v) is 9.35. The Morgan fingerprint density at radius 1 is 1.26 bits per heavy atom. The first-order valence-electron chi connectivity index (χ1n) is 13.6. The number of carboxylic acid groups (broad SMARTS) is 1. The number of carboxylic acids is 1. The van der Waals surface area contributed by atoms with Crippen molar-refractivity contribution in [2.75, 3.05) is 21.7 Å². The standard InChI is InChI=1S/C26H29N11O7S2.Na/c1-11(2)29-25-28-8-15(19(39)31-25)36(24(27)44)17(12-4-6-14(38)7-5-12)20(40)30-16-21(41)37-18(23(42)43)13(9-45-22(16)37)10-46-26-32-33-34-35(26)3;/h4-8,11,16-17,22,38H,9-10H2,1-3H3,(H2,27,44)(H,30,40)(H,42,43)(H2,28,29,31,39);/q;+1/p-1/t16?,17?,22-;/m1./s1. The second-order valence-corrected chi connectivity index (χ2v) is 12.5. The van der Waals surface area contributed by atoms with E-state index in [0.717, 1.165) is 16.0 Å². The Morgan fingerprint density at radius 3 is 2.53 bits per heavy atom. The van der Waals surface area contributed by atoms with Gasteiger partial charge in [0.2, 0.25) is 17.0 Å². The molecule has 0 saturated carbocycles. The minimum Gasteiger partial charge on any atom is -0.543 e. The van der Waals surface area contributed by atoms with Crippen molar-refractivity contribution in [2.24, 2.45) is 12.8 Å². The average Bonchev–Trinajstić information content (AvgIpc) is 3.41. The minimum atomic E-state index is -1.59. The van der Waals surface area contributed by atoms with Crippen LogP contribution in [0.1, 0.15) is 25.5 Å². The van der Waals surface area contributed by atoms with Crippen LogP contribution in [0.5, 0.6) is 5.75 Å². The Kier molecular flexibility index (Phi) is 11.2. The third kappa shape index (κ3) is 7.40. The Labute approximate surface area is 297 Å². The Balaban J connectivity index is 0.00000500. The van der Waals surface area contributed by atoms with E-state index < -0.39 is 46.8 Å². The molecule has 5 rings (SSSR count). The number of primary amides is 1. The number of hydrogen-bond donors (Lipinski definition) is 5. The number of rotatable bonds is 11. The summed E-state index contributed by atoms with van der Waals surface area (Å²) in [5, 5.41) is 38.3. The van der Waals surface area contributed by atoms with Crippen LogP contribution < -0.4 is 61.5 Å². The smallest absolute Gasteiger partial charge is 0.543 e. The number of aryl methyl sites for hydroxylation is 1. The normalized spacial score (nSPS) is 17.7. The fraction of sp³-hybridized carbons (Fsp3) is 0.346. The maximum Gasteiger partial charge on any atom is 1.00 e. The summed E-state index contributed by atoms with van der Waals surface area (Å²) in [4.78, 5) is 73.8. The van der Waals surface area contributed by atoms with E-state index in [1.807, 2.05) is 13.8 Å². The van der Waals surface area contributed by atoms with E-state index in [0.29, 0.717) is 10.7 Å². The van der Waals surface area contributed by atoms with E-state index in [-0.39, 0.29) is 75.8 Å². The van der Waals surface area contributed by atoms with Gasteiger partial charge < -0.3 is 31.4 Å². The van der Waals surface area contributed by atoms with E-state index >= 15 is 0 Å². The zero-order valence-electron chi connectivity index (χ0n) is 25.5. The summed E-state index contributed by atoms with van der Waals surface area (Å²) >= 11 is 2.41. The number of aliphatic carboxylic acids is 1. The molecule has 242 valence electrons. The van der Waals surface area contributed by atoms with Gasteiger partial charge in [0, 0.05) is 24.6 Å². The number of nitrogens with two attached hydrogens (primary N) is 1. The quantitative estimate of drug-likeness (QED) is 0.0723. The van der Waals surface area contributed by atoms with Crippen LogP contribution >= 0.6 is 23.5 Å². The molecule has 2 aliphatic heterocycles. The maximum absolute atomic E-state index is 13.9. The molecule has 18 nitrogen and oxygen atoms in total. The zero-order chi connectivity index (χ0) is 33.3. The number of aromatic amines is 1. The van der Waals surface area contributed by atoms with Crippen LogP contribution in [-0.4, -0.2) is 93.0 Å². The molecule has 3 atom stereocenters. The molecule has 0 aliphatic carbocycles. The van der Waals surface area contributed by atoms with Crippen LogP contribution in [0, 0.1) is 0 Å². The predicted octanol–water partition coefficient (Wildman–Crippen LogP) is -4.35. The van der Waals surface area contributed by atoms with Crippen molar-refractivity contribution in [2.45, 2.75) is 42.5 Å². The monoisotopic (exact) mass is 693 g/mol. The van der Waals surface area contributed by atoms with Crippen LogP contribution in [0.15, 0.2) is 51.7 Å². The maximum atomic E-state index is 13.9. The molecule has 2 unspecified atom stereocenters. The number of phenolic OH excluding ortho intramolecular Hbond substituents is 1. The fourth-order valence-corrected chi connectivity index (χ4v) is 7.21. The second kappa shape index (κ2) is 14.8. The molecule has 1 aromatic carbocycles. The van der Waals surface area contributed by atoms with Gasteiger partial charge in [-0.1, -0.05) is 23.9 Å². The molecule has 3 aromatic rings. The summed E-state index contributed by atoms with van der Waals surface area (Å²) in [5.74, 6) is -2.81. The predicted molar refractivity (Wildman–Crippen MR) is 163 cm³/mol. The number of amides is 4. The van der Waals surface area contributed by atoms with E-state index in [9.17, 15) is 34.2 Å². The van der Waals surface area contributed by atoms with Gasteiger partial charge in [-0.3, -0.25) is 29.2 Å². The Hall–Kier alpha value is -4.11. The van der Waals surface area contributed by atoms with Gasteiger partial charge >= 0.3 is 35.6 Å². The Bertz CT molecular complexity index is 1780. The van der Waals surface area contributed by atoms with E-state index in [1.54, 1.807) is 7.05 Å². The summed E-state index contributed by atoms with van der Waals surface area (Å²) in [6.07, 6.45) is 1.08. The first kappa shape index (κ1) is 35.7. The number of tetrazole rings is 1. The summed E-state index contributed by atoms with van der Waals surface area (Å²) in [6, 6.07) is 1.21. The number of nitrogens with one attached hydrogen (secondary N) is 3. The number of thioether (sulfide) groups is 2. The number of anilines is 2. The first-order valence-corrected chi connectivity index (χ1v) is 15.7. The molecule has 1 saturated heterocycles. The van der Waals surface area contributed by atoms with Crippen molar-refractivity contribution in [1.29, 1.82) is 0 Å². The van der Waals surface area contributed by atoms with Crippen molar-refractivity contribution < 1.29 is 58.9 Å². The van der Waals surface area contributed by atoms with Crippen molar-refractivity contribution in [1.82, 2.24) is 40.4 Å². The molecule has 2 aliphatic rings. The summed E-state index contributed by atoms with van der Waals surface area (Å²) in [5.41, 5.74) is 4.82. The number of carbonyl (C=O) groups excluding carboxylic acids is 4.